The third kappa shape index (κ3) is 4.41. The van der Waals surface area contributed by atoms with Gasteiger partial charge in [-0.25, -0.2) is 14.2 Å². The van der Waals surface area contributed by atoms with Crippen LogP contribution in [0.4, 0.5) is 8.78 Å². The number of hydrogen-bond acceptors (Lipinski definition) is 3. The number of ketones is 1. The molecule has 1 amide bonds. The van der Waals surface area contributed by atoms with Gasteiger partial charge >= 0.3 is 0 Å². The molecule has 0 aliphatic carbocycles. The van der Waals surface area contributed by atoms with E-state index in [4.69, 9.17) is 0 Å². The molecule has 2 aromatic carbocycles. The maximum Gasteiger partial charge on any atom is 0.273 e. The van der Waals surface area contributed by atoms with Crippen LogP contribution in [0.3, 0.4) is 0 Å². The Labute approximate surface area is 217 Å². The lowest BCUT2D eigenvalue weighted by molar-refractivity contribution is 0.0953. The van der Waals surface area contributed by atoms with Gasteiger partial charge in [0.05, 0.1) is 23.0 Å². The molecule has 190 valence electrons. The van der Waals surface area contributed by atoms with E-state index in [1.807, 2.05) is 43.5 Å². The summed E-state index contributed by atoms with van der Waals surface area (Å²) >= 11 is 0. The summed E-state index contributed by atoms with van der Waals surface area (Å²) in [6.07, 6.45) is 3.29. The van der Waals surface area contributed by atoms with Gasteiger partial charge in [-0.1, -0.05) is 6.07 Å². The summed E-state index contributed by atoms with van der Waals surface area (Å²) in [6, 6.07) is 18.7. The summed E-state index contributed by atoms with van der Waals surface area (Å²) in [5, 5.41) is 4.19. The Morgan fingerprint density at radius 1 is 0.895 bits per heavy atom. The summed E-state index contributed by atoms with van der Waals surface area (Å²) in [5.74, 6) is -1.40. The molecule has 0 aliphatic rings. The lowest BCUT2D eigenvalue weighted by Crippen LogP contribution is -2.18. The number of halogens is 2. The number of aryl methyl sites for hydroxylation is 1. The van der Waals surface area contributed by atoms with Crippen LogP contribution < -0.4 is 5.43 Å². The van der Waals surface area contributed by atoms with Crippen molar-refractivity contribution in [1.29, 1.82) is 0 Å². The van der Waals surface area contributed by atoms with Crippen LogP contribution in [0.1, 0.15) is 48.9 Å². The Bertz CT molecular complexity index is 1710. The molecule has 0 unspecified atom stereocenters. The van der Waals surface area contributed by atoms with Crippen LogP contribution in [-0.4, -0.2) is 26.9 Å². The predicted molar refractivity (Wildman–Crippen MR) is 142 cm³/mol. The molecular formula is C30H24F2N4O2. The fraction of sp³-hybridized carbons (Fsp3) is 0.100. The number of benzene rings is 2. The highest BCUT2D eigenvalue weighted by Gasteiger charge is 2.21. The molecule has 5 aromatic rings. The second-order valence-electron chi connectivity index (χ2n) is 8.97. The average molecular weight is 511 g/mol. The zero-order valence-electron chi connectivity index (χ0n) is 21.0. The minimum absolute atomic E-state index is 0.249. The fourth-order valence-electron chi connectivity index (χ4n) is 4.73. The number of fused-ring (bicyclic) bond motifs is 1. The third-order valence-corrected chi connectivity index (χ3v) is 6.58. The first kappa shape index (κ1) is 24.8. The van der Waals surface area contributed by atoms with Crippen LogP contribution >= 0.6 is 0 Å². The molecule has 6 nitrogen and oxygen atoms in total. The molecule has 0 atom stereocenters. The summed E-state index contributed by atoms with van der Waals surface area (Å²) in [6.45, 7) is 5.49. The molecule has 0 saturated heterocycles. The topological polar surface area (TPSA) is 67.9 Å². The molecular weight excluding hydrogens is 486 g/mol. The minimum Gasteiger partial charge on any atom is -0.318 e. The number of nitrogens with zero attached hydrogens (tertiary/aromatic N) is 3. The quantitative estimate of drug-likeness (QED) is 0.175. The van der Waals surface area contributed by atoms with Crippen molar-refractivity contribution in [3.05, 3.63) is 130 Å². The molecule has 0 spiro atoms. The molecule has 0 fully saturated rings. The largest absolute Gasteiger partial charge is 0.318 e. The maximum atomic E-state index is 13.4. The first-order valence-electron chi connectivity index (χ1n) is 11.9. The van der Waals surface area contributed by atoms with Gasteiger partial charge < -0.3 is 8.97 Å². The highest BCUT2D eigenvalue weighted by atomic mass is 19.1. The number of carbonyl (C=O) groups is 2. The minimum atomic E-state index is -0.416. The maximum absolute atomic E-state index is 13.4. The van der Waals surface area contributed by atoms with E-state index in [0.29, 0.717) is 33.6 Å². The standard InChI is InChI=1S/C30H24F2N4O2/c1-18-16-25(20(3)36(18)24-13-11-23(32)12-14-24)30(38)34-33-17-26-19(2)28(35-15-5-4-6-27(26)35)29(37)21-7-9-22(31)10-8-21/h4-17H,1-3H3,(H,34,38)/b33-17+. The van der Waals surface area contributed by atoms with Crippen molar-refractivity contribution in [3.8, 4) is 5.69 Å². The van der Waals surface area contributed by atoms with Gasteiger partial charge in [0.15, 0.2) is 0 Å². The van der Waals surface area contributed by atoms with Crippen LogP contribution in [0.25, 0.3) is 11.2 Å². The van der Waals surface area contributed by atoms with Crippen LogP contribution in [0.15, 0.2) is 84.1 Å². The van der Waals surface area contributed by atoms with Gasteiger partial charge in [0, 0.05) is 34.4 Å². The SMILES string of the molecule is Cc1c(/C=N/NC(=O)c2cc(C)n(-c3ccc(F)cc3)c2C)c2ccccn2c1C(=O)c1ccc(F)cc1. The first-order chi connectivity index (χ1) is 18.3. The number of aromatic nitrogens is 2. The third-order valence-electron chi connectivity index (χ3n) is 6.58. The molecule has 38 heavy (non-hydrogen) atoms. The Morgan fingerprint density at radius 3 is 2.24 bits per heavy atom. The highest BCUT2D eigenvalue weighted by molar-refractivity contribution is 6.12. The number of hydrazone groups is 1. The van der Waals surface area contributed by atoms with E-state index >= 15 is 0 Å². The van der Waals surface area contributed by atoms with Crippen molar-refractivity contribution < 1.29 is 18.4 Å². The van der Waals surface area contributed by atoms with Gasteiger partial charge in [0.2, 0.25) is 5.78 Å². The van der Waals surface area contributed by atoms with Crippen molar-refractivity contribution in [2.24, 2.45) is 5.10 Å². The Kier molecular flexibility index (Phi) is 6.46. The Hall–Kier alpha value is -4.85. The van der Waals surface area contributed by atoms with E-state index in [0.717, 1.165) is 16.9 Å². The molecule has 3 aromatic heterocycles. The Morgan fingerprint density at radius 2 is 1.55 bits per heavy atom. The first-order valence-corrected chi connectivity index (χ1v) is 11.9. The lowest BCUT2D eigenvalue weighted by atomic mass is 10.0. The zero-order chi connectivity index (χ0) is 27.0. The number of hydrogen-bond donors (Lipinski definition) is 1. The second kappa shape index (κ2) is 9.89. The molecule has 0 radical (unpaired) electrons. The van der Waals surface area contributed by atoms with Crippen molar-refractivity contribution in [2.75, 3.05) is 0 Å². The van der Waals surface area contributed by atoms with Gasteiger partial charge in [0.1, 0.15) is 11.6 Å². The normalized spacial score (nSPS) is 11.4. The monoisotopic (exact) mass is 510 g/mol. The molecule has 0 saturated carbocycles. The average Bonchev–Trinajstić information content (AvgIpc) is 3.36. The number of pyridine rings is 1. The highest BCUT2D eigenvalue weighted by Crippen LogP contribution is 2.25. The number of carbonyl (C=O) groups excluding carboxylic acids is 2. The Balaban J connectivity index is 1.44. The molecule has 1 N–H and O–H groups in total. The van der Waals surface area contributed by atoms with Crippen molar-refractivity contribution >= 4 is 23.4 Å². The fourth-order valence-corrected chi connectivity index (χ4v) is 4.73. The van der Waals surface area contributed by atoms with Crippen molar-refractivity contribution in [2.45, 2.75) is 20.8 Å². The number of amides is 1. The number of nitrogens with one attached hydrogen (secondary N) is 1. The van der Waals surface area contributed by atoms with Crippen LogP contribution in [0.2, 0.25) is 0 Å². The molecule has 0 bridgehead atoms. The zero-order valence-corrected chi connectivity index (χ0v) is 21.0. The van der Waals surface area contributed by atoms with Gasteiger partial charge in [-0.15, -0.1) is 0 Å². The van der Waals surface area contributed by atoms with Gasteiger partial charge in [-0.3, -0.25) is 9.59 Å². The smallest absolute Gasteiger partial charge is 0.273 e. The molecule has 8 heteroatoms. The van der Waals surface area contributed by atoms with Crippen LogP contribution in [-0.2, 0) is 0 Å². The van der Waals surface area contributed by atoms with Gasteiger partial charge in [-0.05, 0) is 93.1 Å². The summed E-state index contributed by atoms with van der Waals surface area (Å²) < 4.78 is 30.4. The van der Waals surface area contributed by atoms with Crippen molar-refractivity contribution in [3.63, 3.8) is 0 Å². The summed E-state index contributed by atoms with van der Waals surface area (Å²) in [7, 11) is 0. The molecule has 3 heterocycles. The van der Waals surface area contributed by atoms with E-state index in [1.54, 1.807) is 28.8 Å². The van der Waals surface area contributed by atoms with Gasteiger partial charge in [-0.2, -0.15) is 5.10 Å². The second-order valence-corrected chi connectivity index (χ2v) is 8.97. The molecule has 0 aliphatic heterocycles. The lowest BCUT2D eigenvalue weighted by Gasteiger charge is -2.09. The van der Waals surface area contributed by atoms with E-state index in [9.17, 15) is 18.4 Å². The van der Waals surface area contributed by atoms with Crippen LogP contribution in [0, 0.1) is 32.4 Å². The van der Waals surface area contributed by atoms with Crippen LogP contribution in [0.5, 0.6) is 0 Å². The predicted octanol–water partition coefficient (Wildman–Crippen LogP) is 5.93. The summed E-state index contributed by atoms with van der Waals surface area (Å²) in [5.41, 5.74) is 8.17. The van der Waals surface area contributed by atoms with Gasteiger partial charge in [0.25, 0.3) is 5.91 Å². The van der Waals surface area contributed by atoms with E-state index in [1.165, 1.54) is 42.6 Å². The summed E-state index contributed by atoms with van der Waals surface area (Å²) in [4.78, 5) is 26.3. The van der Waals surface area contributed by atoms with Crippen molar-refractivity contribution in [1.82, 2.24) is 14.4 Å². The van der Waals surface area contributed by atoms with E-state index < -0.39 is 11.7 Å². The molecule has 5 rings (SSSR count). The van der Waals surface area contributed by atoms with E-state index in [-0.39, 0.29) is 11.6 Å². The van der Waals surface area contributed by atoms with E-state index in [2.05, 4.69) is 10.5 Å². The number of rotatable bonds is 6.